The molecule has 6 heterocycles. The molecule has 2 saturated heterocycles. The van der Waals surface area contributed by atoms with Crippen LogP contribution in [-0.4, -0.2) is 68.9 Å². The van der Waals surface area contributed by atoms with Crippen LogP contribution in [0.25, 0.3) is 27.9 Å². The van der Waals surface area contributed by atoms with Crippen LogP contribution in [0.1, 0.15) is 61.4 Å². The van der Waals surface area contributed by atoms with Gasteiger partial charge in [-0.3, -0.25) is 4.79 Å². The maximum Gasteiger partial charge on any atom is 0.255 e. The lowest BCUT2D eigenvalue weighted by atomic mass is 9.73. The molecule has 0 N–H and O–H groups in total. The maximum absolute atomic E-state index is 13.5. The zero-order valence-electron chi connectivity index (χ0n) is 24.4. The molecule has 2 unspecified atom stereocenters. The maximum atomic E-state index is 13.5. The molecule has 0 aromatic carbocycles. The Bertz CT molecular complexity index is 1640. The van der Waals surface area contributed by atoms with E-state index in [0.717, 1.165) is 83.9 Å². The Kier molecular flexibility index (Phi) is 5.92. The van der Waals surface area contributed by atoms with Gasteiger partial charge in [-0.25, -0.2) is 9.50 Å². The van der Waals surface area contributed by atoms with Crippen molar-refractivity contribution in [2.75, 3.05) is 31.6 Å². The smallest absolute Gasteiger partial charge is 0.255 e. The Morgan fingerprint density at radius 2 is 1.88 bits per heavy atom. The first kappa shape index (κ1) is 25.3. The number of hydrogen-bond acceptors (Lipinski definition) is 5. The topological polar surface area (TPSA) is 67.9 Å². The highest BCUT2D eigenvalue weighted by atomic mass is 16.5. The number of carbonyl (C=O) groups excluding carboxylic acids is 1. The van der Waals surface area contributed by atoms with Gasteiger partial charge in [0.2, 0.25) is 0 Å². The molecule has 41 heavy (non-hydrogen) atoms. The molecular formula is C33H40N6O2. The molecule has 0 spiro atoms. The van der Waals surface area contributed by atoms with Crippen LogP contribution in [0, 0.1) is 24.7 Å². The number of likely N-dealkylation sites (tertiary alicyclic amines) is 1. The molecule has 2 saturated carbocycles. The Labute approximate surface area is 241 Å². The first-order chi connectivity index (χ1) is 20.0. The highest BCUT2D eigenvalue weighted by Gasteiger charge is 2.46. The molecule has 4 fully saturated rings. The van der Waals surface area contributed by atoms with Gasteiger partial charge in [-0.1, -0.05) is 0 Å². The Hall–Kier alpha value is -3.39. The number of anilines is 1. The Morgan fingerprint density at radius 3 is 2.56 bits per heavy atom. The normalized spacial score (nSPS) is 24.8. The molecule has 8 rings (SSSR count). The number of ether oxygens (including phenoxy) is 1. The van der Waals surface area contributed by atoms with Crippen molar-refractivity contribution in [2.24, 2.45) is 17.8 Å². The zero-order chi connectivity index (χ0) is 27.8. The van der Waals surface area contributed by atoms with Gasteiger partial charge in [0.25, 0.3) is 5.91 Å². The van der Waals surface area contributed by atoms with Crippen molar-refractivity contribution in [1.82, 2.24) is 24.1 Å². The first-order valence-electron chi connectivity index (χ1n) is 15.6. The second kappa shape index (κ2) is 9.58. The fraction of sp³-hybridized carbons (Fsp3) is 0.545. The van der Waals surface area contributed by atoms with Gasteiger partial charge >= 0.3 is 0 Å². The number of rotatable bonds is 6. The summed E-state index contributed by atoms with van der Waals surface area (Å²) >= 11 is 0. The van der Waals surface area contributed by atoms with Gasteiger partial charge in [-0.15, -0.1) is 0 Å². The third-order valence-corrected chi connectivity index (χ3v) is 10.6. The molecule has 8 heteroatoms. The van der Waals surface area contributed by atoms with Gasteiger partial charge < -0.3 is 19.1 Å². The third-order valence-electron chi connectivity index (χ3n) is 10.6. The number of nitrogens with zero attached hydrogens (tertiary/aromatic N) is 6. The minimum atomic E-state index is 0.137. The van der Waals surface area contributed by atoms with Crippen molar-refractivity contribution in [3.05, 3.63) is 47.7 Å². The summed E-state index contributed by atoms with van der Waals surface area (Å²) in [5.74, 6) is 3.26. The van der Waals surface area contributed by atoms with Crippen LogP contribution in [0.15, 0.2) is 36.5 Å². The SMILES string of the molecule is COC1CCN(c2ccc3cc(-c4nn5cc(C(=O)N6CC7CC[C@H]7C6C)ccc5c4C)n(CC4CC4)c3n2)CC1. The van der Waals surface area contributed by atoms with Gasteiger partial charge in [-0.05, 0) is 100 Å². The summed E-state index contributed by atoms with van der Waals surface area (Å²) in [6.45, 7) is 8.17. The molecule has 2 aliphatic heterocycles. The number of amides is 1. The molecular weight excluding hydrogens is 512 g/mol. The second-order valence-electron chi connectivity index (χ2n) is 13.0. The number of methoxy groups -OCH3 is 1. The van der Waals surface area contributed by atoms with Gasteiger partial charge in [0.15, 0.2) is 0 Å². The standard InChI is InChI=1S/C33H40N6O2/c1-20-28-10-7-25(33(40)37-18-24-6-9-27(24)21(37)2)19-39(28)35-31(20)29-16-23-8-11-30(36-14-12-26(41-3)13-15-36)34-32(23)38(29)17-22-4-5-22/h7-8,10-11,16,19,21-22,24,26-27H,4-6,9,12-15,17-18H2,1-3H3/t21?,24?,27-/m0/s1. The number of pyridine rings is 2. The number of hydrogen-bond donors (Lipinski definition) is 0. The minimum Gasteiger partial charge on any atom is -0.381 e. The van der Waals surface area contributed by atoms with Gasteiger partial charge in [-0.2, -0.15) is 5.10 Å². The van der Waals surface area contributed by atoms with Crippen LogP contribution in [0.5, 0.6) is 0 Å². The fourth-order valence-corrected chi connectivity index (χ4v) is 7.64. The highest BCUT2D eigenvalue weighted by molar-refractivity contribution is 5.95. The summed E-state index contributed by atoms with van der Waals surface area (Å²) < 4.78 is 9.91. The van der Waals surface area contributed by atoms with Crippen LogP contribution < -0.4 is 4.90 Å². The molecule has 0 bridgehead atoms. The molecule has 2 aliphatic carbocycles. The molecule has 4 aromatic rings. The van der Waals surface area contributed by atoms with E-state index in [0.29, 0.717) is 29.9 Å². The number of aryl methyl sites for hydroxylation is 1. The van der Waals surface area contributed by atoms with Crippen LogP contribution in [0.4, 0.5) is 5.82 Å². The summed E-state index contributed by atoms with van der Waals surface area (Å²) in [7, 11) is 1.81. The molecule has 4 aliphatic rings. The van der Waals surface area contributed by atoms with E-state index >= 15 is 0 Å². The lowest BCUT2D eigenvalue weighted by molar-refractivity contribution is 0.0732. The van der Waals surface area contributed by atoms with Gasteiger partial charge in [0.05, 0.1) is 22.9 Å². The van der Waals surface area contributed by atoms with Crippen molar-refractivity contribution in [1.29, 1.82) is 0 Å². The van der Waals surface area contributed by atoms with Crippen molar-refractivity contribution in [3.8, 4) is 11.4 Å². The Balaban J connectivity index is 1.15. The summed E-state index contributed by atoms with van der Waals surface area (Å²) in [5, 5.41) is 6.25. The highest BCUT2D eigenvalue weighted by Crippen LogP contribution is 2.45. The number of aromatic nitrogens is 4. The third kappa shape index (κ3) is 4.17. The van der Waals surface area contributed by atoms with Crippen molar-refractivity contribution < 1.29 is 9.53 Å². The second-order valence-corrected chi connectivity index (χ2v) is 13.0. The average Bonchev–Trinajstić information content (AvgIpc) is 3.59. The summed E-state index contributed by atoms with van der Waals surface area (Å²) in [4.78, 5) is 23.3. The van der Waals surface area contributed by atoms with Crippen LogP contribution in [0.3, 0.4) is 0 Å². The van der Waals surface area contributed by atoms with Gasteiger partial charge in [0.1, 0.15) is 17.2 Å². The van der Waals surface area contributed by atoms with Crippen molar-refractivity contribution >= 4 is 28.3 Å². The van der Waals surface area contributed by atoms with E-state index in [1.165, 1.54) is 25.7 Å². The fourth-order valence-electron chi connectivity index (χ4n) is 7.64. The lowest BCUT2D eigenvalue weighted by Gasteiger charge is -2.32. The predicted octanol–water partition coefficient (Wildman–Crippen LogP) is 5.56. The minimum absolute atomic E-state index is 0.137. The molecule has 3 atom stereocenters. The number of carbonyl (C=O) groups is 1. The lowest BCUT2D eigenvalue weighted by Crippen LogP contribution is -2.37. The van der Waals surface area contributed by atoms with Crippen LogP contribution in [-0.2, 0) is 11.3 Å². The van der Waals surface area contributed by atoms with Crippen LogP contribution >= 0.6 is 0 Å². The average molecular weight is 553 g/mol. The van der Waals surface area contributed by atoms with Crippen molar-refractivity contribution in [2.45, 2.75) is 71.1 Å². The van der Waals surface area contributed by atoms with E-state index in [1.807, 2.05) is 23.9 Å². The first-order valence-corrected chi connectivity index (χ1v) is 15.6. The molecule has 0 radical (unpaired) electrons. The summed E-state index contributed by atoms with van der Waals surface area (Å²) in [5.41, 5.74) is 6.05. The Morgan fingerprint density at radius 1 is 1.05 bits per heavy atom. The molecule has 214 valence electrons. The zero-order valence-corrected chi connectivity index (χ0v) is 24.4. The van der Waals surface area contributed by atoms with E-state index in [-0.39, 0.29) is 5.91 Å². The molecule has 8 nitrogen and oxygen atoms in total. The van der Waals surface area contributed by atoms with E-state index in [2.05, 4.69) is 52.5 Å². The van der Waals surface area contributed by atoms with Gasteiger partial charge in [0, 0.05) is 56.5 Å². The van der Waals surface area contributed by atoms with E-state index in [4.69, 9.17) is 14.8 Å². The molecule has 1 amide bonds. The summed E-state index contributed by atoms with van der Waals surface area (Å²) in [6, 6.07) is 11.0. The van der Waals surface area contributed by atoms with E-state index < -0.39 is 0 Å². The monoisotopic (exact) mass is 552 g/mol. The van der Waals surface area contributed by atoms with Crippen molar-refractivity contribution in [3.63, 3.8) is 0 Å². The molecule has 4 aromatic heterocycles. The quantitative estimate of drug-likeness (QED) is 0.314. The summed E-state index contributed by atoms with van der Waals surface area (Å²) in [6.07, 6.45) is 9.43. The van der Waals surface area contributed by atoms with E-state index in [9.17, 15) is 4.79 Å². The largest absolute Gasteiger partial charge is 0.381 e. The number of piperidine rings is 1. The number of fused-ring (bicyclic) bond motifs is 3. The van der Waals surface area contributed by atoms with E-state index in [1.54, 1.807) is 0 Å². The van der Waals surface area contributed by atoms with Crippen LogP contribution in [0.2, 0.25) is 0 Å². The predicted molar refractivity (Wildman–Crippen MR) is 160 cm³/mol.